The standard InChI is InChI=1S/C16H26O2/c1-2-3-4-5-6-8-11-15(17)14-18-16-12-9-7-10-13-16/h7,9-10,12-13,15,17H,2-6,8,11,14H2,1H3. The number of hydrogen-bond acceptors (Lipinski definition) is 2. The molecule has 0 fully saturated rings. The average molecular weight is 250 g/mol. The van der Waals surface area contributed by atoms with Crippen LogP contribution in [0.3, 0.4) is 0 Å². The monoisotopic (exact) mass is 250 g/mol. The molecule has 1 aromatic rings. The fraction of sp³-hybridized carbons (Fsp3) is 0.625. The second kappa shape index (κ2) is 9.95. The molecule has 1 atom stereocenters. The molecule has 102 valence electrons. The predicted octanol–water partition coefficient (Wildman–Crippen LogP) is 4.18. The summed E-state index contributed by atoms with van der Waals surface area (Å²) < 4.78 is 5.51. The van der Waals surface area contributed by atoms with Crippen LogP contribution in [0.4, 0.5) is 0 Å². The average Bonchev–Trinajstić information content (AvgIpc) is 2.41. The van der Waals surface area contributed by atoms with Gasteiger partial charge in [-0.15, -0.1) is 0 Å². The quantitative estimate of drug-likeness (QED) is 0.631. The van der Waals surface area contributed by atoms with Gasteiger partial charge in [0, 0.05) is 0 Å². The smallest absolute Gasteiger partial charge is 0.119 e. The van der Waals surface area contributed by atoms with Crippen LogP contribution in [0.5, 0.6) is 5.75 Å². The summed E-state index contributed by atoms with van der Waals surface area (Å²) in [6.07, 6.45) is 8.07. The summed E-state index contributed by atoms with van der Waals surface area (Å²) in [4.78, 5) is 0. The summed E-state index contributed by atoms with van der Waals surface area (Å²) in [5.74, 6) is 0.833. The van der Waals surface area contributed by atoms with E-state index in [9.17, 15) is 5.11 Å². The number of aliphatic hydroxyl groups is 1. The molecule has 0 heterocycles. The number of rotatable bonds is 10. The molecular weight excluding hydrogens is 224 g/mol. The second-order valence-corrected chi connectivity index (χ2v) is 4.83. The number of hydrogen-bond donors (Lipinski definition) is 1. The minimum absolute atomic E-state index is 0.337. The van der Waals surface area contributed by atoms with Crippen LogP contribution in [0.15, 0.2) is 30.3 Å². The summed E-state index contributed by atoms with van der Waals surface area (Å²) in [6, 6.07) is 9.67. The molecule has 0 aliphatic rings. The van der Waals surface area contributed by atoms with Crippen molar-refractivity contribution in [2.75, 3.05) is 6.61 Å². The molecule has 2 nitrogen and oxygen atoms in total. The van der Waals surface area contributed by atoms with E-state index in [4.69, 9.17) is 4.74 Å². The highest BCUT2D eigenvalue weighted by molar-refractivity contribution is 5.20. The largest absolute Gasteiger partial charge is 0.491 e. The van der Waals surface area contributed by atoms with E-state index in [1.807, 2.05) is 30.3 Å². The Morgan fingerprint density at radius 3 is 2.39 bits per heavy atom. The Labute approximate surface area is 111 Å². The van der Waals surface area contributed by atoms with Gasteiger partial charge in [0.15, 0.2) is 0 Å². The molecular formula is C16H26O2. The molecule has 1 unspecified atom stereocenters. The SMILES string of the molecule is CCCCCCCCC(O)COc1ccccc1. The first-order valence-electron chi connectivity index (χ1n) is 7.19. The van der Waals surface area contributed by atoms with Crippen LogP contribution < -0.4 is 4.74 Å². The van der Waals surface area contributed by atoms with Gasteiger partial charge in [-0.3, -0.25) is 0 Å². The summed E-state index contributed by atoms with van der Waals surface area (Å²) in [6.45, 7) is 2.63. The van der Waals surface area contributed by atoms with Crippen molar-refractivity contribution in [3.8, 4) is 5.75 Å². The molecule has 1 rings (SSSR count). The summed E-state index contributed by atoms with van der Waals surface area (Å²) in [5, 5.41) is 9.79. The Kier molecular flexibility index (Phi) is 8.32. The first-order chi connectivity index (χ1) is 8.83. The van der Waals surface area contributed by atoms with Gasteiger partial charge in [-0.1, -0.05) is 63.6 Å². The number of para-hydroxylation sites is 1. The molecule has 0 saturated heterocycles. The van der Waals surface area contributed by atoms with Gasteiger partial charge in [0.1, 0.15) is 12.4 Å². The van der Waals surface area contributed by atoms with E-state index >= 15 is 0 Å². The van der Waals surface area contributed by atoms with Gasteiger partial charge >= 0.3 is 0 Å². The van der Waals surface area contributed by atoms with Crippen molar-refractivity contribution < 1.29 is 9.84 Å². The van der Waals surface area contributed by atoms with Gasteiger partial charge in [-0.25, -0.2) is 0 Å². The normalized spacial score (nSPS) is 12.3. The fourth-order valence-corrected chi connectivity index (χ4v) is 1.95. The third-order valence-electron chi connectivity index (χ3n) is 3.08. The highest BCUT2D eigenvalue weighted by atomic mass is 16.5. The van der Waals surface area contributed by atoms with E-state index < -0.39 is 0 Å². The van der Waals surface area contributed by atoms with Gasteiger partial charge in [0.2, 0.25) is 0 Å². The molecule has 1 N–H and O–H groups in total. The van der Waals surface area contributed by atoms with Crippen LogP contribution >= 0.6 is 0 Å². The molecule has 2 heteroatoms. The third-order valence-corrected chi connectivity index (χ3v) is 3.08. The van der Waals surface area contributed by atoms with Crippen molar-refractivity contribution in [3.05, 3.63) is 30.3 Å². The van der Waals surface area contributed by atoms with Gasteiger partial charge in [0.05, 0.1) is 6.10 Å². The van der Waals surface area contributed by atoms with Crippen molar-refractivity contribution in [3.63, 3.8) is 0 Å². The third kappa shape index (κ3) is 7.33. The molecule has 0 aliphatic carbocycles. The molecule has 18 heavy (non-hydrogen) atoms. The van der Waals surface area contributed by atoms with Crippen molar-refractivity contribution in [1.29, 1.82) is 0 Å². The zero-order valence-corrected chi connectivity index (χ0v) is 11.5. The topological polar surface area (TPSA) is 29.5 Å². The Morgan fingerprint density at radius 2 is 1.67 bits per heavy atom. The molecule has 0 spiro atoms. The summed E-state index contributed by atoms with van der Waals surface area (Å²) in [5.41, 5.74) is 0. The predicted molar refractivity (Wildman–Crippen MR) is 75.9 cm³/mol. The van der Waals surface area contributed by atoms with Gasteiger partial charge in [-0.05, 0) is 18.6 Å². The zero-order valence-electron chi connectivity index (χ0n) is 11.5. The Balaban J connectivity index is 1.99. The van der Waals surface area contributed by atoms with E-state index in [1.54, 1.807) is 0 Å². The molecule has 0 amide bonds. The number of ether oxygens (including phenoxy) is 1. The van der Waals surface area contributed by atoms with Crippen LogP contribution in [0.1, 0.15) is 51.9 Å². The lowest BCUT2D eigenvalue weighted by molar-refractivity contribution is 0.0975. The summed E-state index contributed by atoms with van der Waals surface area (Å²) >= 11 is 0. The number of benzene rings is 1. The maximum atomic E-state index is 9.79. The van der Waals surface area contributed by atoms with Gasteiger partial charge in [0.25, 0.3) is 0 Å². The maximum absolute atomic E-state index is 9.79. The second-order valence-electron chi connectivity index (χ2n) is 4.83. The van der Waals surface area contributed by atoms with Gasteiger partial charge < -0.3 is 9.84 Å². The van der Waals surface area contributed by atoms with Crippen LogP contribution in [-0.2, 0) is 0 Å². The molecule has 0 aromatic heterocycles. The Morgan fingerprint density at radius 1 is 1.00 bits per heavy atom. The van der Waals surface area contributed by atoms with E-state index in [2.05, 4.69) is 6.92 Å². The van der Waals surface area contributed by atoms with Crippen LogP contribution in [0, 0.1) is 0 Å². The number of unbranched alkanes of at least 4 members (excludes halogenated alkanes) is 5. The van der Waals surface area contributed by atoms with E-state index in [0.29, 0.717) is 6.61 Å². The minimum Gasteiger partial charge on any atom is -0.491 e. The van der Waals surface area contributed by atoms with Crippen LogP contribution in [-0.4, -0.2) is 17.8 Å². The molecule has 1 aromatic carbocycles. The minimum atomic E-state index is -0.337. The molecule has 0 aliphatic heterocycles. The van der Waals surface area contributed by atoms with Crippen LogP contribution in [0.25, 0.3) is 0 Å². The fourth-order valence-electron chi connectivity index (χ4n) is 1.95. The number of aliphatic hydroxyl groups excluding tert-OH is 1. The van der Waals surface area contributed by atoms with Crippen molar-refractivity contribution in [2.45, 2.75) is 58.0 Å². The molecule has 0 bridgehead atoms. The molecule has 0 radical (unpaired) electrons. The molecule has 0 saturated carbocycles. The van der Waals surface area contributed by atoms with E-state index in [1.165, 1.54) is 32.1 Å². The van der Waals surface area contributed by atoms with Crippen LogP contribution in [0.2, 0.25) is 0 Å². The lowest BCUT2D eigenvalue weighted by atomic mass is 10.1. The van der Waals surface area contributed by atoms with Crippen molar-refractivity contribution in [1.82, 2.24) is 0 Å². The van der Waals surface area contributed by atoms with Crippen molar-refractivity contribution in [2.24, 2.45) is 0 Å². The lowest BCUT2D eigenvalue weighted by Gasteiger charge is -2.12. The lowest BCUT2D eigenvalue weighted by Crippen LogP contribution is -2.17. The first-order valence-corrected chi connectivity index (χ1v) is 7.19. The first kappa shape index (κ1) is 15.0. The Hall–Kier alpha value is -1.02. The summed E-state index contributed by atoms with van der Waals surface area (Å²) in [7, 11) is 0. The highest BCUT2D eigenvalue weighted by Crippen LogP contribution is 2.11. The van der Waals surface area contributed by atoms with E-state index in [0.717, 1.165) is 18.6 Å². The zero-order chi connectivity index (χ0) is 13.1. The maximum Gasteiger partial charge on any atom is 0.119 e. The van der Waals surface area contributed by atoms with Gasteiger partial charge in [-0.2, -0.15) is 0 Å². The highest BCUT2D eigenvalue weighted by Gasteiger charge is 2.04. The van der Waals surface area contributed by atoms with E-state index in [-0.39, 0.29) is 6.10 Å². The van der Waals surface area contributed by atoms with Crippen molar-refractivity contribution >= 4 is 0 Å². The Bertz CT molecular complexity index is 284.